The molecule has 1 saturated heterocycles. The summed E-state index contributed by atoms with van der Waals surface area (Å²) in [6, 6.07) is 0. The molecule has 0 aromatic carbocycles. The molecule has 2 heteroatoms. The number of rotatable bonds is 8. The highest BCUT2D eigenvalue weighted by Crippen LogP contribution is 2.13. The van der Waals surface area contributed by atoms with Crippen LogP contribution in [0.15, 0.2) is 12.7 Å². The zero-order valence-corrected chi connectivity index (χ0v) is 11.8. The molecule has 0 aromatic rings. The third-order valence-electron chi connectivity index (χ3n) is 3.76. The zero-order valence-electron chi connectivity index (χ0n) is 11.8. The molecule has 0 radical (unpaired) electrons. The van der Waals surface area contributed by atoms with Gasteiger partial charge < -0.3 is 4.90 Å². The van der Waals surface area contributed by atoms with Gasteiger partial charge in [-0.15, -0.1) is 6.58 Å². The monoisotopic (exact) mass is 251 g/mol. The van der Waals surface area contributed by atoms with Gasteiger partial charge in [0.05, 0.1) is 0 Å². The quantitative estimate of drug-likeness (QED) is 0.465. The Morgan fingerprint density at radius 3 is 2.22 bits per heavy atom. The molecule has 1 fully saturated rings. The first kappa shape index (κ1) is 15.3. The van der Waals surface area contributed by atoms with E-state index in [1.807, 2.05) is 6.08 Å². The van der Waals surface area contributed by atoms with Gasteiger partial charge in [0.15, 0.2) is 0 Å². The maximum atomic E-state index is 12.0. The molecular formula is C16H29NO. The fourth-order valence-corrected chi connectivity index (χ4v) is 2.57. The number of amides is 1. The van der Waals surface area contributed by atoms with Crippen molar-refractivity contribution in [2.45, 2.75) is 70.6 Å². The van der Waals surface area contributed by atoms with Crippen LogP contribution in [0.25, 0.3) is 0 Å². The van der Waals surface area contributed by atoms with Gasteiger partial charge in [-0.3, -0.25) is 4.79 Å². The Balaban J connectivity index is 2.00. The summed E-state index contributed by atoms with van der Waals surface area (Å²) in [5, 5.41) is 0. The van der Waals surface area contributed by atoms with Crippen molar-refractivity contribution in [3.63, 3.8) is 0 Å². The Labute approximate surface area is 112 Å². The van der Waals surface area contributed by atoms with E-state index < -0.39 is 0 Å². The molecule has 0 aliphatic carbocycles. The molecule has 18 heavy (non-hydrogen) atoms. The van der Waals surface area contributed by atoms with Crippen molar-refractivity contribution in [1.82, 2.24) is 4.90 Å². The number of allylic oxidation sites excluding steroid dienone is 1. The van der Waals surface area contributed by atoms with Gasteiger partial charge in [-0.25, -0.2) is 0 Å². The SMILES string of the molecule is C=CCCCCCCCC(=O)N1CCCCCC1. The summed E-state index contributed by atoms with van der Waals surface area (Å²) in [6.45, 7) is 5.72. The number of hydrogen-bond acceptors (Lipinski definition) is 1. The van der Waals surface area contributed by atoms with Gasteiger partial charge in [0.1, 0.15) is 0 Å². The second-order valence-corrected chi connectivity index (χ2v) is 5.39. The Kier molecular flexibility index (Phi) is 8.62. The number of unbranched alkanes of at least 4 members (excludes halogenated alkanes) is 5. The molecule has 1 aliphatic rings. The van der Waals surface area contributed by atoms with Crippen molar-refractivity contribution in [1.29, 1.82) is 0 Å². The van der Waals surface area contributed by atoms with Crippen LogP contribution in [0.2, 0.25) is 0 Å². The van der Waals surface area contributed by atoms with Crippen LogP contribution < -0.4 is 0 Å². The molecule has 0 saturated carbocycles. The van der Waals surface area contributed by atoms with E-state index in [9.17, 15) is 4.79 Å². The number of carbonyl (C=O) groups is 1. The molecule has 1 amide bonds. The lowest BCUT2D eigenvalue weighted by molar-refractivity contribution is -0.131. The van der Waals surface area contributed by atoms with Crippen LogP contribution in [0.3, 0.4) is 0 Å². The minimum Gasteiger partial charge on any atom is -0.343 e. The van der Waals surface area contributed by atoms with Crippen LogP contribution in [-0.4, -0.2) is 23.9 Å². The summed E-state index contributed by atoms with van der Waals surface area (Å²) in [7, 11) is 0. The minimum atomic E-state index is 0.392. The van der Waals surface area contributed by atoms with E-state index in [0.717, 1.165) is 32.4 Å². The second-order valence-electron chi connectivity index (χ2n) is 5.39. The normalized spacial score (nSPS) is 16.3. The molecule has 104 valence electrons. The first-order valence-corrected chi connectivity index (χ1v) is 7.73. The second kappa shape index (κ2) is 10.2. The highest BCUT2D eigenvalue weighted by molar-refractivity contribution is 5.76. The first-order chi connectivity index (χ1) is 8.84. The Morgan fingerprint density at radius 2 is 1.56 bits per heavy atom. The number of nitrogens with zero attached hydrogens (tertiary/aromatic N) is 1. The van der Waals surface area contributed by atoms with E-state index in [1.165, 1.54) is 51.4 Å². The summed E-state index contributed by atoms with van der Waals surface area (Å²) in [5.41, 5.74) is 0. The van der Waals surface area contributed by atoms with Crippen molar-refractivity contribution in [3.05, 3.63) is 12.7 Å². The molecule has 0 N–H and O–H groups in total. The average Bonchev–Trinajstić information content (AvgIpc) is 2.66. The third-order valence-corrected chi connectivity index (χ3v) is 3.76. The lowest BCUT2D eigenvalue weighted by Crippen LogP contribution is -2.31. The lowest BCUT2D eigenvalue weighted by Gasteiger charge is -2.20. The molecule has 0 atom stereocenters. The Bertz CT molecular complexity index is 229. The molecule has 1 heterocycles. The van der Waals surface area contributed by atoms with E-state index in [1.54, 1.807) is 0 Å². The van der Waals surface area contributed by atoms with Gasteiger partial charge in [0, 0.05) is 19.5 Å². The largest absolute Gasteiger partial charge is 0.343 e. The van der Waals surface area contributed by atoms with Crippen LogP contribution in [0.5, 0.6) is 0 Å². The fourth-order valence-electron chi connectivity index (χ4n) is 2.57. The van der Waals surface area contributed by atoms with Gasteiger partial charge in [-0.1, -0.05) is 38.2 Å². The van der Waals surface area contributed by atoms with Crippen LogP contribution in [0.1, 0.15) is 70.6 Å². The first-order valence-electron chi connectivity index (χ1n) is 7.73. The predicted molar refractivity (Wildman–Crippen MR) is 77.6 cm³/mol. The van der Waals surface area contributed by atoms with E-state index in [0.29, 0.717) is 5.91 Å². The summed E-state index contributed by atoms with van der Waals surface area (Å²) < 4.78 is 0. The van der Waals surface area contributed by atoms with E-state index in [4.69, 9.17) is 0 Å². The predicted octanol–water partition coefficient (Wildman–Crippen LogP) is 4.31. The van der Waals surface area contributed by atoms with Crippen LogP contribution in [0.4, 0.5) is 0 Å². The number of carbonyl (C=O) groups excluding carboxylic acids is 1. The van der Waals surface area contributed by atoms with Gasteiger partial charge in [0.25, 0.3) is 0 Å². The van der Waals surface area contributed by atoms with Crippen molar-refractivity contribution in [3.8, 4) is 0 Å². The maximum Gasteiger partial charge on any atom is 0.222 e. The van der Waals surface area contributed by atoms with Crippen molar-refractivity contribution >= 4 is 5.91 Å². The van der Waals surface area contributed by atoms with E-state index in [-0.39, 0.29) is 0 Å². The maximum absolute atomic E-state index is 12.0. The standard InChI is InChI=1S/C16H29NO/c1-2-3-4-5-6-7-10-13-16(18)17-14-11-8-9-12-15-17/h2H,1,3-15H2. The van der Waals surface area contributed by atoms with Crippen LogP contribution >= 0.6 is 0 Å². The highest BCUT2D eigenvalue weighted by Gasteiger charge is 2.14. The zero-order chi connectivity index (χ0) is 13.1. The summed E-state index contributed by atoms with van der Waals surface area (Å²) in [5.74, 6) is 0.392. The molecule has 0 bridgehead atoms. The van der Waals surface area contributed by atoms with Gasteiger partial charge >= 0.3 is 0 Å². The number of hydrogen-bond donors (Lipinski definition) is 0. The van der Waals surface area contributed by atoms with Gasteiger partial charge in [-0.2, -0.15) is 0 Å². The minimum absolute atomic E-state index is 0.392. The Hall–Kier alpha value is -0.790. The third kappa shape index (κ3) is 6.83. The number of likely N-dealkylation sites (tertiary alicyclic amines) is 1. The molecule has 2 nitrogen and oxygen atoms in total. The van der Waals surface area contributed by atoms with E-state index in [2.05, 4.69) is 11.5 Å². The van der Waals surface area contributed by atoms with Crippen LogP contribution in [0, 0.1) is 0 Å². The molecule has 1 aliphatic heterocycles. The smallest absolute Gasteiger partial charge is 0.222 e. The molecule has 0 aromatic heterocycles. The lowest BCUT2D eigenvalue weighted by atomic mass is 10.1. The highest BCUT2D eigenvalue weighted by atomic mass is 16.2. The molecule has 0 spiro atoms. The summed E-state index contributed by atoms with van der Waals surface area (Å²) in [4.78, 5) is 14.1. The Morgan fingerprint density at radius 1 is 0.944 bits per heavy atom. The van der Waals surface area contributed by atoms with Crippen molar-refractivity contribution in [2.24, 2.45) is 0 Å². The van der Waals surface area contributed by atoms with E-state index >= 15 is 0 Å². The van der Waals surface area contributed by atoms with Crippen LogP contribution in [-0.2, 0) is 4.79 Å². The van der Waals surface area contributed by atoms with Gasteiger partial charge in [-0.05, 0) is 32.1 Å². The molecular weight excluding hydrogens is 222 g/mol. The topological polar surface area (TPSA) is 20.3 Å². The summed E-state index contributed by atoms with van der Waals surface area (Å²) >= 11 is 0. The fraction of sp³-hybridized carbons (Fsp3) is 0.812. The van der Waals surface area contributed by atoms with Crippen molar-refractivity contribution < 1.29 is 4.79 Å². The van der Waals surface area contributed by atoms with Gasteiger partial charge in [0.2, 0.25) is 5.91 Å². The average molecular weight is 251 g/mol. The summed E-state index contributed by atoms with van der Waals surface area (Å²) in [6.07, 6.45) is 15.0. The van der Waals surface area contributed by atoms with Crippen molar-refractivity contribution in [2.75, 3.05) is 13.1 Å². The molecule has 1 rings (SSSR count). The molecule has 0 unspecified atom stereocenters.